The predicted molar refractivity (Wildman–Crippen MR) is 98.0 cm³/mol. The lowest BCUT2D eigenvalue weighted by Gasteiger charge is -2.05. The van der Waals surface area contributed by atoms with Crippen LogP contribution in [0.15, 0.2) is 17.2 Å². The Labute approximate surface area is 149 Å². The van der Waals surface area contributed by atoms with Crippen molar-refractivity contribution in [2.45, 2.75) is 33.1 Å². The number of thiophene rings is 1. The number of carbonyl (C=O) groups excluding carboxylic acids is 1. The molecular weight excluding hydrogens is 338 g/mol. The molecule has 1 amide bonds. The number of imidazole rings is 1. The van der Waals surface area contributed by atoms with Gasteiger partial charge in [-0.1, -0.05) is 0 Å². The second kappa shape index (κ2) is 7.18. The summed E-state index contributed by atoms with van der Waals surface area (Å²) in [5.74, 6) is 1.42. The first-order valence-electron chi connectivity index (χ1n) is 8.17. The van der Waals surface area contributed by atoms with Crippen molar-refractivity contribution in [3.63, 3.8) is 0 Å². The molecule has 0 bridgehead atoms. The second-order valence-electron chi connectivity index (χ2n) is 6.03. The van der Waals surface area contributed by atoms with Gasteiger partial charge in [-0.25, -0.2) is 9.97 Å². The summed E-state index contributed by atoms with van der Waals surface area (Å²) < 4.78 is 1.93. The molecule has 8 heteroatoms. The number of carbonyl (C=O) groups is 1. The second-order valence-corrected chi connectivity index (χ2v) is 7.23. The van der Waals surface area contributed by atoms with Crippen molar-refractivity contribution >= 4 is 27.5 Å². The molecule has 0 atom stereocenters. The van der Waals surface area contributed by atoms with E-state index in [0.717, 1.165) is 21.1 Å². The summed E-state index contributed by atoms with van der Waals surface area (Å²) in [6, 6.07) is 0. The molecule has 0 aliphatic heterocycles. The Morgan fingerprint density at radius 1 is 1.36 bits per heavy atom. The average Bonchev–Trinajstić information content (AvgIpc) is 3.09. The molecule has 3 aromatic rings. The molecule has 0 saturated carbocycles. The van der Waals surface area contributed by atoms with E-state index in [0.29, 0.717) is 37.0 Å². The van der Waals surface area contributed by atoms with Crippen LogP contribution in [0.25, 0.3) is 10.2 Å². The lowest BCUT2D eigenvalue weighted by molar-refractivity contribution is -0.121. The summed E-state index contributed by atoms with van der Waals surface area (Å²) in [4.78, 5) is 37.5. The standard InChI is InChI=1S/C17H21N5O2S/c1-10-11(2)25-17-15(10)16(24)20-12(21-17)4-5-14(23)19-7-6-13-18-8-9-22(13)3/h8-9H,4-7H2,1-3H3,(H,19,23)(H,20,21,24). The Morgan fingerprint density at radius 3 is 2.88 bits per heavy atom. The van der Waals surface area contributed by atoms with Crippen LogP contribution in [-0.2, 0) is 24.7 Å². The third kappa shape index (κ3) is 3.79. The van der Waals surface area contributed by atoms with Crippen LogP contribution >= 0.6 is 11.3 Å². The van der Waals surface area contributed by atoms with Crippen molar-refractivity contribution in [1.29, 1.82) is 0 Å². The Morgan fingerprint density at radius 2 is 2.16 bits per heavy atom. The van der Waals surface area contributed by atoms with Gasteiger partial charge in [0.05, 0.1) is 5.39 Å². The van der Waals surface area contributed by atoms with E-state index in [4.69, 9.17) is 0 Å². The van der Waals surface area contributed by atoms with E-state index >= 15 is 0 Å². The SMILES string of the molecule is Cc1sc2nc(CCC(=O)NCCc3nccn3C)[nH]c(=O)c2c1C. The fraction of sp³-hybridized carbons (Fsp3) is 0.412. The Kier molecular flexibility index (Phi) is 4.98. The summed E-state index contributed by atoms with van der Waals surface area (Å²) in [6.45, 7) is 4.45. The molecule has 0 aromatic carbocycles. The Hall–Kier alpha value is -2.48. The molecule has 0 aliphatic rings. The number of aryl methyl sites for hydroxylation is 4. The summed E-state index contributed by atoms with van der Waals surface area (Å²) in [7, 11) is 1.93. The van der Waals surface area contributed by atoms with Gasteiger partial charge in [0.25, 0.3) is 5.56 Å². The highest BCUT2D eigenvalue weighted by atomic mass is 32.1. The molecule has 0 fully saturated rings. The molecule has 0 saturated heterocycles. The largest absolute Gasteiger partial charge is 0.356 e. The summed E-state index contributed by atoms with van der Waals surface area (Å²) >= 11 is 1.51. The molecule has 3 aromatic heterocycles. The van der Waals surface area contributed by atoms with E-state index < -0.39 is 0 Å². The fourth-order valence-electron chi connectivity index (χ4n) is 2.69. The van der Waals surface area contributed by atoms with E-state index in [9.17, 15) is 9.59 Å². The van der Waals surface area contributed by atoms with E-state index in [2.05, 4.69) is 20.3 Å². The third-order valence-electron chi connectivity index (χ3n) is 4.27. The highest BCUT2D eigenvalue weighted by molar-refractivity contribution is 7.18. The molecule has 0 radical (unpaired) electrons. The minimum Gasteiger partial charge on any atom is -0.356 e. The zero-order valence-corrected chi connectivity index (χ0v) is 15.4. The topological polar surface area (TPSA) is 92.7 Å². The Bertz CT molecular complexity index is 969. The smallest absolute Gasteiger partial charge is 0.259 e. The lowest BCUT2D eigenvalue weighted by atomic mass is 10.2. The monoisotopic (exact) mass is 359 g/mol. The van der Waals surface area contributed by atoms with E-state index in [1.54, 1.807) is 6.20 Å². The first kappa shape index (κ1) is 17.3. The van der Waals surface area contributed by atoms with Crippen LogP contribution < -0.4 is 10.9 Å². The highest BCUT2D eigenvalue weighted by Crippen LogP contribution is 2.25. The Balaban J connectivity index is 1.56. The number of nitrogens with zero attached hydrogens (tertiary/aromatic N) is 3. The lowest BCUT2D eigenvalue weighted by Crippen LogP contribution is -2.27. The number of hydrogen-bond donors (Lipinski definition) is 2. The number of nitrogens with one attached hydrogen (secondary N) is 2. The first-order chi connectivity index (χ1) is 12.0. The fourth-order valence-corrected chi connectivity index (χ4v) is 3.74. The number of H-pyrrole nitrogens is 1. The molecule has 0 aliphatic carbocycles. The number of rotatable bonds is 6. The van der Waals surface area contributed by atoms with Gasteiger partial charge in [-0.15, -0.1) is 11.3 Å². The number of amides is 1. The van der Waals surface area contributed by atoms with Crippen LogP contribution in [-0.4, -0.2) is 32.0 Å². The molecule has 0 spiro atoms. The van der Waals surface area contributed by atoms with Crippen LogP contribution in [0, 0.1) is 13.8 Å². The minimum absolute atomic E-state index is 0.0597. The van der Waals surface area contributed by atoms with Gasteiger partial charge in [-0.3, -0.25) is 9.59 Å². The normalized spacial score (nSPS) is 11.2. The van der Waals surface area contributed by atoms with Gasteiger partial charge in [-0.05, 0) is 19.4 Å². The van der Waals surface area contributed by atoms with Gasteiger partial charge >= 0.3 is 0 Å². The third-order valence-corrected chi connectivity index (χ3v) is 5.37. The number of aromatic amines is 1. The maximum atomic E-state index is 12.2. The average molecular weight is 359 g/mol. The highest BCUT2D eigenvalue weighted by Gasteiger charge is 2.12. The quantitative estimate of drug-likeness (QED) is 0.699. The zero-order chi connectivity index (χ0) is 18.0. The summed E-state index contributed by atoms with van der Waals surface area (Å²) in [5, 5.41) is 3.53. The first-order valence-corrected chi connectivity index (χ1v) is 8.99. The van der Waals surface area contributed by atoms with E-state index in [1.807, 2.05) is 31.7 Å². The van der Waals surface area contributed by atoms with Gasteiger partial charge < -0.3 is 14.9 Å². The number of aromatic nitrogens is 4. The van der Waals surface area contributed by atoms with Crippen molar-refractivity contribution in [2.24, 2.45) is 7.05 Å². The van der Waals surface area contributed by atoms with Crippen molar-refractivity contribution < 1.29 is 4.79 Å². The van der Waals surface area contributed by atoms with Crippen molar-refractivity contribution in [3.8, 4) is 0 Å². The number of hydrogen-bond acceptors (Lipinski definition) is 5. The molecule has 132 valence electrons. The molecule has 3 heterocycles. The molecule has 0 unspecified atom stereocenters. The van der Waals surface area contributed by atoms with Crippen LogP contribution in [0.2, 0.25) is 0 Å². The van der Waals surface area contributed by atoms with Crippen LogP contribution in [0.5, 0.6) is 0 Å². The summed E-state index contributed by atoms with van der Waals surface area (Å²) in [5.41, 5.74) is 0.851. The minimum atomic E-state index is -0.128. The molecule has 3 rings (SSSR count). The van der Waals surface area contributed by atoms with Crippen LogP contribution in [0.1, 0.15) is 28.5 Å². The van der Waals surface area contributed by atoms with Gasteiger partial charge in [-0.2, -0.15) is 0 Å². The van der Waals surface area contributed by atoms with E-state index in [1.165, 1.54) is 11.3 Å². The van der Waals surface area contributed by atoms with E-state index in [-0.39, 0.29) is 11.5 Å². The van der Waals surface area contributed by atoms with Crippen molar-refractivity contribution in [2.75, 3.05) is 6.54 Å². The maximum Gasteiger partial charge on any atom is 0.259 e. The predicted octanol–water partition coefficient (Wildman–Crippen LogP) is 1.63. The molecule has 7 nitrogen and oxygen atoms in total. The van der Waals surface area contributed by atoms with Crippen molar-refractivity contribution in [1.82, 2.24) is 24.8 Å². The summed E-state index contributed by atoms with van der Waals surface area (Å²) in [6.07, 6.45) is 5.00. The molecule has 2 N–H and O–H groups in total. The zero-order valence-electron chi connectivity index (χ0n) is 14.5. The molecule has 25 heavy (non-hydrogen) atoms. The van der Waals surface area contributed by atoms with Gasteiger partial charge in [0, 0.05) is 50.1 Å². The van der Waals surface area contributed by atoms with Gasteiger partial charge in [0.1, 0.15) is 16.5 Å². The number of fused-ring (bicyclic) bond motifs is 1. The van der Waals surface area contributed by atoms with Gasteiger partial charge in [0.2, 0.25) is 5.91 Å². The van der Waals surface area contributed by atoms with Crippen molar-refractivity contribution in [3.05, 3.63) is 44.8 Å². The van der Waals surface area contributed by atoms with Gasteiger partial charge in [0.15, 0.2) is 0 Å². The maximum absolute atomic E-state index is 12.2. The van der Waals surface area contributed by atoms with Crippen LogP contribution in [0.4, 0.5) is 0 Å². The molecular formula is C17H21N5O2S. The van der Waals surface area contributed by atoms with Crippen LogP contribution in [0.3, 0.4) is 0 Å².